The van der Waals surface area contributed by atoms with Gasteiger partial charge in [-0.05, 0) is 51.6 Å². The SMILES string of the molecule is CNC(C)(C)Sc1ccc(F)c(C)c1. The highest BCUT2D eigenvalue weighted by molar-refractivity contribution is 8.00. The number of benzene rings is 1. The lowest BCUT2D eigenvalue weighted by atomic mass is 10.2. The molecule has 0 atom stereocenters. The van der Waals surface area contributed by atoms with E-state index in [9.17, 15) is 4.39 Å². The summed E-state index contributed by atoms with van der Waals surface area (Å²) in [4.78, 5) is 1.06. The van der Waals surface area contributed by atoms with Crippen LogP contribution in [0.15, 0.2) is 23.1 Å². The molecule has 0 saturated heterocycles. The van der Waals surface area contributed by atoms with Crippen molar-refractivity contribution in [2.75, 3.05) is 7.05 Å². The van der Waals surface area contributed by atoms with Gasteiger partial charge in [-0.1, -0.05) is 0 Å². The first-order chi connectivity index (χ1) is 6.44. The van der Waals surface area contributed by atoms with E-state index < -0.39 is 0 Å². The molecule has 0 aromatic heterocycles. The smallest absolute Gasteiger partial charge is 0.126 e. The first-order valence-electron chi connectivity index (χ1n) is 4.59. The Bertz CT molecular complexity index is 323. The predicted molar refractivity (Wildman–Crippen MR) is 60.1 cm³/mol. The number of rotatable bonds is 3. The Morgan fingerprint density at radius 2 is 2.00 bits per heavy atom. The van der Waals surface area contributed by atoms with Crippen LogP contribution in [0.25, 0.3) is 0 Å². The normalized spacial score (nSPS) is 11.8. The zero-order valence-electron chi connectivity index (χ0n) is 9.02. The first-order valence-corrected chi connectivity index (χ1v) is 5.40. The van der Waals surface area contributed by atoms with Crippen molar-refractivity contribution in [3.63, 3.8) is 0 Å². The minimum atomic E-state index is -0.142. The fourth-order valence-electron chi connectivity index (χ4n) is 1.03. The van der Waals surface area contributed by atoms with Crippen LogP contribution in [0, 0.1) is 12.7 Å². The number of hydrogen-bond donors (Lipinski definition) is 1. The van der Waals surface area contributed by atoms with Crippen LogP contribution in [0.3, 0.4) is 0 Å². The second kappa shape index (κ2) is 4.32. The van der Waals surface area contributed by atoms with Crippen LogP contribution in [-0.4, -0.2) is 11.9 Å². The maximum Gasteiger partial charge on any atom is 0.126 e. The minimum Gasteiger partial charge on any atom is -0.306 e. The summed E-state index contributed by atoms with van der Waals surface area (Å²) < 4.78 is 13.0. The van der Waals surface area contributed by atoms with Crippen molar-refractivity contribution in [1.82, 2.24) is 5.32 Å². The monoisotopic (exact) mass is 213 g/mol. The van der Waals surface area contributed by atoms with Gasteiger partial charge in [-0.15, -0.1) is 11.8 Å². The predicted octanol–water partition coefficient (Wildman–Crippen LogP) is 3.18. The van der Waals surface area contributed by atoms with Crippen molar-refractivity contribution < 1.29 is 4.39 Å². The Balaban J connectivity index is 2.83. The molecule has 0 aliphatic rings. The van der Waals surface area contributed by atoms with Crippen molar-refractivity contribution in [3.05, 3.63) is 29.6 Å². The lowest BCUT2D eigenvalue weighted by molar-refractivity contribution is 0.607. The average Bonchev–Trinajstić information content (AvgIpc) is 2.11. The van der Waals surface area contributed by atoms with E-state index in [1.165, 1.54) is 6.07 Å². The lowest BCUT2D eigenvalue weighted by Crippen LogP contribution is -2.31. The molecule has 1 aromatic rings. The fourth-order valence-corrected chi connectivity index (χ4v) is 2.09. The van der Waals surface area contributed by atoms with Crippen molar-refractivity contribution >= 4 is 11.8 Å². The van der Waals surface area contributed by atoms with Crippen molar-refractivity contribution in [2.45, 2.75) is 30.5 Å². The molecule has 0 spiro atoms. The van der Waals surface area contributed by atoms with E-state index in [2.05, 4.69) is 19.2 Å². The number of thioether (sulfide) groups is 1. The Hall–Kier alpha value is -0.540. The minimum absolute atomic E-state index is 0.0235. The van der Waals surface area contributed by atoms with Gasteiger partial charge in [0.25, 0.3) is 0 Å². The standard InChI is InChI=1S/C11H16FNS/c1-8-7-9(5-6-10(8)12)14-11(2,3)13-4/h5-7,13H,1-4H3. The largest absolute Gasteiger partial charge is 0.306 e. The maximum absolute atomic E-state index is 13.0. The van der Waals surface area contributed by atoms with Crippen LogP contribution in [-0.2, 0) is 0 Å². The molecule has 0 radical (unpaired) electrons. The zero-order valence-corrected chi connectivity index (χ0v) is 9.83. The Labute approximate surface area is 89.1 Å². The summed E-state index contributed by atoms with van der Waals surface area (Å²) >= 11 is 1.69. The number of aryl methyl sites for hydroxylation is 1. The van der Waals surface area contributed by atoms with E-state index in [-0.39, 0.29) is 10.7 Å². The number of hydrogen-bond acceptors (Lipinski definition) is 2. The number of nitrogens with one attached hydrogen (secondary N) is 1. The third kappa shape index (κ3) is 3.00. The molecule has 3 heteroatoms. The van der Waals surface area contributed by atoms with Crippen LogP contribution in [0.2, 0.25) is 0 Å². The van der Waals surface area contributed by atoms with E-state index in [4.69, 9.17) is 0 Å². The molecule has 0 fully saturated rings. The van der Waals surface area contributed by atoms with E-state index >= 15 is 0 Å². The van der Waals surface area contributed by atoms with E-state index in [0.717, 1.165) is 4.90 Å². The van der Waals surface area contributed by atoms with Crippen molar-refractivity contribution in [3.8, 4) is 0 Å². The van der Waals surface area contributed by atoms with Crippen LogP contribution in [0.5, 0.6) is 0 Å². The van der Waals surface area contributed by atoms with Gasteiger partial charge in [-0.2, -0.15) is 0 Å². The number of halogens is 1. The van der Waals surface area contributed by atoms with Crippen LogP contribution >= 0.6 is 11.8 Å². The molecule has 0 amide bonds. The summed E-state index contributed by atoms with van der Waals surface area (Å²) in [6.45, 7) is 5.97. The quantitative estimate of drug-likeness (QED) is 0.611. The van der Waals surface area contributed by atoms with Crippen molar-refractivity contribution in [1.29, 1.82) is 0 Å². The molecule has 1 nitrogen and oxygen atoms in total. The summed E-state index contributed by atoms with van der Waals surface area (Å²) in [5, 5.41) is 3.19. The third-order valence-corrected chi connectivity index (χ3v) is 3.31. The molecule has 1 N–H and O–H groups in total. The Kier molecular flexibility index (Phi) is 3.56. The van der Waals surface area contributed by atoms with Gasteiger partial charge in [0.2, 0.25) is 0 Å². The van der Waals surface area contributed by atoms with Gasteiger partial charge in [0.1, 0.15) is 5.82 Å². The highest BCUT2D eigenvalue weighted by Gasteiger charge is 2.16. The first kappa shape index (κ1) is 11.5. The molecular formula is C11H16FNS. The molecule has 0 unspecified atom stereocenters. The Morgan fingerprint density at radius 3 is 2.50 bits per heavy atom. The summed E-state index contributed by atoms with van der Waals surface area (Å²) in [7, 11) is 1.92. The van der Waals surface area contributed by atoms with Crippen LogP contribution in [0.4, 0.5) is 4.39 Å². The summed E-state index contributed by atoms with van der Waals surface area (Å²) in [5.74, 6) is -0.142. The molecule has 0 heterocycles. The fraction of sp³-hybridized carbons (Fsp3) is 0.455. The topological polar surface area (TPSA) is 12.0 Å². The van der Waals surface area contributed by atoms with Gasteiger partial charge in [0.05, 0.1) is 4.87 Å². The second-order valence-corrected chi connectivity index (χ2v) is 5.47. The van der Waals surface area contributed by atoms with Crippen LogP contribution < -0.4 is 5.32 Å². The molecule has 0 aliphatic carbocycles. The van der Waals surface area contributed by atoms with Gasteiger partial charge < -0.3 is 5.32 Å². The molecule has 14 heavy (non-hydrogen) atoms. The van der Waals surface area contributed by atoms with Gasteiger partial charge in [0, 0.05) is 4.90 Å². The lowest BCUT2D eigenvalue weighted by Gasteiger charge is -2.23. The molecule has 0 bridgehead atoms. The Morgan fingerprint density at radius 1 is 1.36 bits per heavy atom. The molecule has 1 rings (SSSR count). The highest BCUT2D eigenvalue weighted by atomic mass is 32.2. The van der Waals surface area contributed by atoms with Gasteiger partial charge in [-0.25, -0.2) is 4.39 Å². The molecule has 1 aromatic carbocycles. The van der Waals surface area contributed by atoms with Gasteiger partial charge >= 0.3 is 0 Å². The van der Waals surface area contributed by atoms with Gasteiger partial charge in [0.15, 0.2) is 0 Å². The molecule has 0 aliphatic heterocycles. The van der Waals surface area contributed by atoms with Crippen molar-refractivity contribution in [2.24, 2.45) is 0 Å². The molecule has 0 saturated carbocycles. The van der Waals surface area contributed by atoms with E-state index in [0.29, 0.717) is 5.56 Å². The average molecular weight is 213 g/mol. The molecule has 78 valence electrons. The second-order valence-electron chi connectivity index (χ2n) is 3.77. The van der Waals surface area contributed by atoms with E-state index in [1.807, 2.05) is 19.2 Å². The van der Waals surface area contributed by atoms with Gasteiger partial charge in [-0.3, -0.25) is 0 Å². The molecular weight excluding hydrogens is 197 g/mol. The maximum atomic E-state index is 13.0. The van der Waals surface area contributed by atoms with Crippen LogP contribution in [0.1, 0.15) is 19.4 Å². The summed E-state index contributed by atoms with van der Waals surface area (Å²) in [6.07, 6.45) is 0. The highest BCUT2D eigenvalue weighted by Crippen LogP contribution is 2.30. The third-order valence-electron chi connectivity index (χ3n) is 2.10. The zero-order chi connectivity index (χ0) is 10.8. The summed E-state index contributed by atoms with van der Waals surface area (Å²) in [5.41, 5.74) is 0.696. The van der Waals surface area contributed by atoms with E-state index in [1.54, 1.807) is 18.7 Å². The summed E-state index contributed by atoms with van der Waals surface area (Å²) in [6, 6.07) is 5.20.